The first-order valence-electron chi connectivity index (χ1n) is 9.08. The van der Waals surface area contributed by atoms with Crippen molar-refractivity contribution in [1.29, 1.82) is 0 Å². The second-order valence-electron chi connectivity index (χ2n) is 6.81. The smallest absolute Gasteiger partial charge is 0.326 e. The molecule has 146 valence electrons. The molecular formula is C21H22N2O5. The van der Waals surface area contributed by atoms with Gasteiger partial charge in [-0.3, -0.25) is 9.59 Å². The first-order chi connectivity index (χ1) is 13.5. The van der Waals surface area contributed by atoms with Gasteiger partial charge in [-0.25, -0.2) is 4.79 Å². The molecule has 2 atom stereocenters. The lowest BCUT2D eigenvalue weighted by atomic mass is 9.90. The number of nitrogens with zero attached hydrogens (tertiary/aromatic N) is 1. The zero-order valence-electron chi connectivity index (χ0n) is 15.2. The molecule has 0 saturated carbocycles. The summed E-state index contributed by atoms with van der Waals surface area (Å²) >= 11 is 0. The van der Waals surface area contributed by atoms with E-state index in [1.165, 1.54) is 0 Å². The molecule has 0 aliphatic carbocycles. The monoisotopic (exact) mass is 382 g/mol. The van der Waals surface area contributed by atoms with Crippen LogP contribution in [0.1, 0.15) is 23.5 Å². The Kier molecular flexibility index (Phi) is 5.93. The predicted octanol–water partition coefficient (Wildman–Crippen LogP) is 1.88. The molecular weight excluding hydrogens is 360 g/mol. The van der Waals surface area contributed by atoms with Crippen molar-refractivity contribution in [3.05, 3.63) is 65.7 Å². The van der Waals surface area contributed by atoms with Gasteiger partial charge in [0.15, 0.2) is 0 Å². The van der Waals surface area contributed by atoms with Crippen molar-refractivity contribution in [3.63, 3.8) is 0 Å². The number of aliphatic carboxylic acids is 2. The Balaban J connectivity index is 1.69. The Morgan fingerprint density at radius 2 is 1.71 bits per heavy atom. The van der Waals surface area contributed by atoms with Gasteiger partial charge in [-0.05, 0) is 23.6 Å². The summed E-state index contributed by atoms with van der Waals surface area (Å²) in [5, 5.41) is 21.4. The molecule has 0 fully saturated rings. The molecule has 0 aromatic heterocycles. The summed E-state index contributed by atoms with van der Waals surface area (Å²) in [6.07, 6.45) is 0.589. The number of carbonyl (C=O) groups is 3. The van der Waals surface area contributed by atoms with Gasteiger partial charge >= 0.3 is 11.9 Å². The molecule has 0 spiro atoms. The Hall–Kier alpha value is -3.35. The zero-order chi connectivity index (χ0) is 20.1. The van der Waals surface area contributed by atoms with Crippen molar-refractivity contribution in [2.45, 2.75) is 24.8 Å². The van der Waals surface area contributed by atoms with Gasteiger partial charge in [0.1, 0.15) is 6.04 Å². The second-order valence-corrected chi connectivity index (χ2v) is 6.81. The molecule has 0 radical (unpaired) electrons. The molecule has 1 aliphatic heterocycles. The quantitative estimate of drug-likeness (QED) is 0.675. The Labute approximate surface area is 162 Å². The van der Waals surface area contributed by atoms with Crippen molar-refractivity contribution in [3.8, 4) is 0 Å². The lowest BCUT2D eigenvalue weighted by molar-refractivity contribution is -0.141. The van der Waals surface area contributed by atoms with E-state index in [1.807, 2.05) is 30.3 Å². The van der Waals surface area contributed by atoms with Crippen LogP contribution in [0, 0.1) is 0 Å². The molecule has 3 rings (SSSR count). The highest BCUT2D eigenvalue weighted by Gasteiger charge is 2.31. The topological polar surface area (TPSA) is 107 Å². The maximum absolute atomic E-state index is 12.5. The lowest BCUT2D eigenvalue weighted by Gasteiger charge is -2.34. The average molecular weight is 382 g/mol. The highest BCUT2D eigenvalue weighted by atomic mass is 16.4. The van der Waals surface area contributed by atoms with Gasteiger partial charge in [-0.15, -0.1) is 0 Å². The van der Waals surface area contributed by atoms with E-state index in [9.17, 15) is 24.6 Å². The number of fused-ring (bicyclic) bond motifs is 1. The highest BCUT2D eigenvalue weighted by molar-refractivity contribution is 5.88. The van der Waals surface area contributed by atoms with Gasteiger partial charge in [0, 0.05) is 18.7 Å². The molecule has 1 unspecified atom stereocenters. The van der Waals surface area contributed by atoms with E-state index in [1.54, 1.807) is 29.2 Å². The van der Waals surface area contributed by atoms with Crippen LogP contribution in [-0.4, -0.2) is 47.2 Å². The summed E-state index contributed by atoms with van der Waals surface area (Å²) in [4.78, 5) is 37.3. The number of amides is 1. The summed E-state index contributed by atoms with van der Waals surface area (Å²) in [5.74, 6) is -2.99. The van der Waals surface area contributed by atoms with Crippen molar-refractivity contribution < 1.29 is 24.6 Å². The van der Waals surface area contributed by atoms with Crippen molar-refractivity contribution in [1.82, 2.24) is 5.32 Å². The molecule has 2 aromatic carbocycles. The maximum atomic E-state index is 12.5. The average Bonchev–Trinajstić information content (AvgIpc) is 2.68. The van der Waals surface area contributed by atoms with Gasteiger partial charge in [-0.2, -0.15) is 0 Å². The van der Waals surface area contributed by atoms with Gasteiger partial charge in [-0.1, -0.05) is 48.5 Å². The first-order valence-corrected chi connectivity index (χ1v) is 9.08. The minimum absolute atomic E-state index is 0.0259. The molecule has 2 aromatic rings. The molecule has 28 heavy (non-hydrogen) atoms. The van der Waals surface area contributed by atoms with Crippen LogP contribution in [0.3, 0.4) is 0 Å². The van der Waals surface area contributed by atoms with E-state index in [0.717, 1.165) is 5.56 Å². The molecule has 1 heterocycles. The third-order valence-corrected chi connectivity index (χ3v) is 4.89. The van der Waals surface area contributed by atoms with Crippen molar-refractivity contribution >= 4 is 23.5 Å². The number of rotatable bonds is 7. The number of carboxylic acid groups (broad SMARTS) is 2. The molecule has 0 bridgehead atoms. The molecule has 7 nitrogen and oxygen atoms in total. The van der Waals surface area contributed by atoms with Crippen LogP contribution in [0.5, 0.6) is 0 Å². The number of hydrogen-bond donors (Lipinski definition) is 3. The number of carboxylic acids is 2. The van der Waals surface area contributed by atoms with E-state index >= 15 is 0 Å². The molecule has 1 aliphatic rings. The maximum Gasteiger partial charge on any atom is 0.326 e. The number of carbonyl (C=O) groups excluding carboxylic acids is 1. The fourth-order valence-electron chi connectivity index (χ4n) is 3.51. The minimum Gasteiger partial charge on any atom is -0.481 e. The standard InChI is InChI=1S/C21H22N2O5/c24-19(22-17(21(27)28)12-14-6-2-1-3-7-14)13-23-11-10-16(20(25)26)15-8-4-5-9-18(15)23/h1-9,16-17H,10-13H2,(H,22,24)(H,25,26)(H,27,28)/t16?,17-/m0/s1. The third kappa shape index (κ3) is 4.49. The number of para-hydroxylation sites is 1. The Morgan fingerprint density at radius 1 is 1.04 bits per heavy atom. The summed E-state index contributed by atoms with van der Waals surface area (Å²) in [5.41, 5.74) is 2.20. The van der Waals surface area contributed by atoms with Crippen LogP contribution >= 0.6 is 0 Å². The van der Waals surface area contributed by atoms with Gasteiger partial charge in [0.2, 0.25) is 5.91 Å². The van der Waals surface area contributed by atoms with E-state index in [2.05, 4.69) is 5.32 Å². The van der Waals surface area contributed by atoms with Crippen LogP contribution in [0.2, 0.25) is 0 Å². The first kappa shape index (κ1) is 19.4. The van der Waals surface area contributed by atoms with Crippen LogP contribution < -0.4 is 10.2 Å². The minimum atomic E-state index is -1.10. The molecule has 3 N–H and O–H groups in total. The van der Waals surface area contributed by atoms with Gasteiger partial charge in [0.05, 0.1) is 12.5 Å². The Bertz CT molecular complexity index is 868. The largest absolute Gasteiger partial charge is 0.481 e. The van der Waals surface area contributed by atoms with E-state index in [-0.39, 0.29) is 13.0 Å². The van der Waals surface area contributed by atoms with Crippen molar-refractivity contribution in [2.75, 3.05) is 18.0 Å². The normalized spacial score (nSPS) is 16.7. The van der Waals surface area contributed by atoms with E-state index in [0.29, 0.717) is 24.2 Å². The summed E-state index contributed by atoms with van der Waals surface area (Å²) < 4.78 is 0. The summed E-state index contributed by atoms with van der Waals surface area (Å²) in [7, 11) is 0. The molecule has 1 amide bonds. The van der Waals surface area contributed by atoms with Crippen LogP contribution in [0.4, 0.5) is 5.69 Å². The number of anilines is 1. The lowest BCUT2D eigenvalue weighted by Crippen LogP contribution is -2.48. The number of hydrogen-bond acceptors (Lipinski definition) is 4. The second kappa shape index (κ2) is 8.56. The molecule has 0 saturated heterocycles. The Morgan fingerprint density at radius 3 is 2.39 bits per heavy atom. The van der Waals surface area contributed by atoms with Gasteiger partial charge < -0.3 is 20.4 Å². The van der Waals surface area contributed by atoms with Crippen LogP contribution in [0.25, 0.3) is 0 Å². The third-order valence-electron chi connectivity index (χ3n) is 4.89. The SMILES string of the molecule is O=C(CN1CCC(C(=O)O)c2ccccc21)N[C@@H](Cc1ccccc1)C(=O)O. The highest BCUT2D eigenvalue weighted by Crippen LogP contribution is 2.35. The fourth-order valence-corrected chi connectivity index (χ4v) is 3.51. The van der Waals surface area contributed by atoms with E-state index in [4.69, 9.17) is 0 Å². The van der Waals surface area contributed by atoms with Crippen LogP contribution in [0.15, 0.2) is 54.6 Å². The fraction of sp³-hybridized carbons (Fsp3) is 0.286. The van der Waals surface area contributed by atoms with Crippen molar-refractivity contribution in [2.24, 2.45) is 0 Å². The molecule has 7 heteroatoms. The predicted molar refractivity (Wildman–Crippen MR) is 103 cm³/mol. The van der Waals surface area contributed by atoms with E-state index < -0.39 is 29.8 Å². The van der Waals surface area contributed by atoms with Gasteiger partial charge in [0.25, 0.3) is 0 Å². The number of benzene rings is 2. The van der Waals surface area contributed by atoms with Crippen LogP contribution in [-0.2, 0) is 20.8 Å². The zero-order valence-corrected chi connectivity index (χ0v) is 15.2. The summed E-state index contributed by atoms with van der Waals surface area (Å²) in [6.45, 7) is 0.389. The summed E-state index contributed by atoms with van der Waals surface area (Å²) in [6, 6.07) is 15.2. The number of nitrogens with one attached hydrogen (secondary N) is 1.